The fourth-order valence-corrected chi connectivity index (χ4v) is 4.20. The number of hydrogen-bond acceptors (Lipinski definition) is 3. The molecule has 2 unspecified atom stereocenters. The fourth-order valence-electron chi connectivity index (χ4n) is 4.20. The molecule has 2 fully saturated rings. The van der Waals surface area contributed by atoms with Gasteiger partial charge in [0.15, 0.2) is 0 Å². The van der Waals surface area contributed by atoms with Gasteiger partial charge < -0.3 is 9.64 Å². The largest absolute Gasteiger partial charge is 0.374 e. The molecular weight excluding hydrogens is 333 g/mol. The Morgan fingerprint density at radius 1 is 1.27 bits per heavy atom. The first kappa shape index (κ1) is 17.2. The number of hydrogen-bond donors (Lipinski definition) is 0. The number of ether oxygens (including phenoxy) is 1. The number of carbonyl (C=O) groups excluding carboxylic acids is 1. The third-order valence-electron chi connectivity index (χ3n) is 5.50. The number of rotatable bonds is 3. The predicted octanol–water partition coefficient (Wildman–Crippen LogP) is 3.36. The zero-order chi connectivity index (χ0) is 18.1. The number of benzene rings is 1. The molecule has 2 atom stereocenters. The summed E-state index contributed by atoms with van der Waals surface area (Å²) in [5.41, 5.74) is 2.27. The van der Waals surface area contributed by atoms with Crippen LogP contribution >= 0.6 is 0 Å². The molecule has 1 aliphatic heterocycles. The van der Waals surface area contributed by atoms with Crippen LogP contribution in [0.2, 0.25) is 0 Å². The van der Waals surface area contributed by atoms with E-state index in [1.807, 2.05) is 11.8 Å². The molecule has 5 nitrogen and oxygen atoms in total. The van der Waals surface area contributed by atoms with E-state index >= 15 is 0 Å². The van der Waals surface area contributed by atoms with Crippen LogP contribution in [-0.4, -0.2) is 45.9 Å². The number of aromatic nitrogens is 2. The van der Waals surface area contributed by atoms with Gasteiger partial charge in [-0.1, -0.05) is 19.8 Å². The molecule has 6 heteroatoms. The Morgan fingerprint density at radius 3 is 2.81 bits per heavy atom. The number of carbonyl (C=O) groups is 1. The summed E-state index contributed by atoms with van der Waals surface area (Å²) in [5.74, 6) is -0.248. The van der Waals surface area contributed by atoms with Gasteiger partial charge in [-0.15, -0.1) is 0 Å². The summed E-state index contributed by atoms with van der Waals surface area (Å²) in [4.78, 5) is 15.3. The van der Waals surface area contributed by atoms with Crippen LogP contribution in [0, 0.1) is 5.82 Å². The van der Waals surface area contributed by atoms with Gasteiger partial charge in [0.2, 0.25) is 0 Å². The van der Waals surface area contributed by atoms with Crippen LogP contribution in [0.25, 0.3) is 5.69 Å². The number of nitrogens with zero attached hydrogens (tertiary/aromatic N) is 3. The Hall–Kier alpha value is -2.21. The summed E-state index contributed by atoms with van der Waals surface area (Å²) in [6, 6.07) is 6.35. The predicted molar refractivity (Wildman–Crippen MR) is 95.9 cm³/mol. The third kappa shape index (κ3) is 3.03. The number of halogens is 1. The van der Waals surface area contributed by atoms with Crippen molar-refractivity contribution in [2.75, 3.05) is 13.2 Å². The van der Waals surface area contributed by atoms with Crippen LogP contribution in [0.1, 0.15) is 48.7 Å². The molecule has 138 valence electrons. The van der Waals surface area contributed by atoms with E-state index in [1.165, 1.54) is 18.6 Å². The van der Waals surface area contributed by atoms with E-state index in [9.17, 15) is 9.18 Å². The standard InChI is InChI=1S/C20H24FN3O2/c1-2-17-16(13-22-24(17)15-9-7-14(21)8-10-15)20(25)23-11-12-26-19-6-4-3-5-18(19)23/h7-10,13,18-19H,2-6,11-12H2,1H3. The SMILES string of the molecule is CCc1c(C(=O)N2CCOC3CCCCC32)cnn1-c1ccc(F)cc1. The van der Waals surface area contributed by atoms with Gasteiger partial charge >= 0.3 is 0 Å². The molecule has 1 aromatic heterocycles. The van der Waals surface area contributed by atoms with Gasteiger partial charge in [0.05, 0.1) is 41.9 Å². The molecule has 2 aromatic rings. The summed E-state index contributed by atoms with van der Waals surface area (Å²) >= 11 is 0. The normalized spacial score (nSPS) is 22.9. The third-order valence-corrected chi connectivity index (χ3v) is 5.50. The number of fused-ring (bicyclic) bond motifs is 1. The van der Waals surface area contributed by atoms with Crippen molar-refractivity contribution in [2.45, 2.75) is 51.2 Å². The fraction of sp³-hybridized carbons (Fsp3) is 0.500. The minimum absolute atomic E-state index is 0.0374. The Bertz CT molecular complexity index is 785. The van der Waals surface area contributed by atoms with Crippen LogP contribution in [0.15, 0.2) is 30.5 Å². The maximum atomic E-state index is 13.3. The van der Waals surface area contributed by atoms with E-state index in [2.05, 4.69) is 5.10 Å². The van der Waals surface area contributed by atoms with Gasteiger partial charge in [-0.3, -0.25) is 4.79 Å². The molecule has 0 bridgehead atoms. The van der Waals surface area contributed by atoms with Crippen molar-refractivity contribution in [3.63, 3.8) is 0 Å². The zero-order valence-corrected chi connectivity index (χ0v) is 15.0. The highest BCUT2D eigenvalue weighted by atomic mass is 19.1. The van der Waals surface area contributed by atoms with Crippen LogP contribution in [0.5, 0.6) is 0 Å². The van der Waals surface area contributed by atoms with E-state index < -0.39 is 0 Å². The molecule has 0 N–H and O–H groups in total. The monoisotopic (exact) mass is 357 g/mol. The van der Waals surface area contributed by atoms with E-state index in [4.69, 9.17) is 4.74 Å². The average Bonchev–Trinajstić information content (AvgIpc) is 3.11. The molecule has 2 aliphatic rings. The maximum Gasteiger partial charge on any atom is 0.257 e. The number of amides is 1. The molecule has 1 saturated heterocycles. The van der Waals surface area contributed by atoms with Crippen molar-refractivity contribution in [3.05, 3.63) is 47.5 Å². The first-order chi connectivity index (χ1) is 12.7. The Balaban J connectivity index is 1.64. The molecule has 26 heavy (non-hydrogen) atoms. The minimum Gasteiger partial charge on any atom is -0.374 e. The van der Waals surface area contributed by atoms with Crippen molar-refractivity contribution in [1.29, 1.82) is 0 Å². The lowest BCUT2D eigenvalue weighted by Gasteiger charge is -2.43. The highest BCUT2D eigenvalue weighted by molar-refractivity contribution is 5.95. The summed E-state index contributed by atoms with van der Waals surface area (Å²) in [6.45, 7) is 3.24. The molecule has 2 heterocycles. The first-order valence-corrected chi connectivity index (χ1v) is 9.44. The van der Waals surface area contributed by atoms with E-state index in [-0.39, 0.29) is 23.9 Å². The summed E-state index contributed by atoms with van der Waals surface area (Å²) in [5, 5.41) is 4.42. The quantitative estimate of drug-likeness (QED) is 0.846. The van der Waals surface area contributed by atoms with Crippen LogP contribution in [0.4, 0.5) is 4.39 Å². The second-order valence-electron chi connectivity index (χ2n) is 7.01. The highest BCUT2D eigenvalue weighted by Crippen LogP contribution is 2.30. The average molecular weight is 357 g/mol. The molecule has 1 aromatic carbocycles. The molecule has 4 rings (SSSR count). The van der Waals surface area contributed by atoms with E-state index in [1.54, 1.807) is 23.0 Å². The lowest BCUT2D eigenvalue weighted by atomic mass is 9.89. The van der Waals surface area contributed by atoms with Crippen molar-refractivity contribution in [3.8, 4) is 5.69 Å². The van der Waals surface area contributed by atoms with Gasteiger partial charge in [-0.2, -0.15) is 5.10 Å². The second-order valence-corrected chi connectivity index (χ2v) is 7.01. The van der Waals surface area contributed by atoms with Crippen molar-refractivity contribution >= 4 is 5.91 Å². The van der Waals surface area contributed by atoms with Crippen LogP contribution in [-0.2, 0) is 11.2 Å². The zero-order valence-electron chi connectivity index (χ0n) is 15.0. The van der Waals surface area contributed by atoms with Crippen LogP contribution < -0.4 is 0 Å². The van der Waals surface area contributed by atoms with E-state index in [0.717, 1.165) is 30.6 Å². The smallest absolute Gasteiger partial charge is 0.257 e. The van der Waals surface area contributed by atoms with Crippen molar-refractivity contribution < 1.29 is 13.9 Å². The highest BCUT2D eigenvalue weighted by Gasteiger charge is 2.38. The maximum absolute atomic E-state index is 13.3. The molecule has 0 radical (unpaired) electrons. The first-order valence-electron chi connectivity index (χ1n) is 9.44. The van der Waals surface area contributed by atoms with Crippen LogP contribution in [0.3, 0.4) is 0 Å². The van der Waals surface area contributed by atoms with Crippen molar-refractivity contribution in [2.24, 2.45) is 0 Å². The molecule has 1 aliphatic carbocycles. The molecule has 0 spiro atoms. The summed E-state index contributed by atoms with van der Waals surface area (Å²) in [7, 11) is 0. The number of morpholine rings is 1. The Labute approximate surface area is 152 Å². The van der Waals surface area contributed by atoms with Gasteiger partial charge in [0, 0.05) is 6.54 Å². The minimum atomic E-state index is -0.285. The van der Waals surface area contributed by atoms with Gasteiger partial charge in [0.1, 0.15) is 5.82 Å². The van der Waals surface area contributed by atoms with Gasteiger partial charge in [-0.05, 0) is 43.5 Å². The second kappa shape index (κ2) is 7.19. The van der Waals surface area contributed by atoms with Gasteiger partial charge in [-0.25, -0.2) is 9.07 Å². The summed E-state index contributed by atoms with van der Waals surface area (Å²) in [6.07, 6.45) is 6.84. The molecule has 1 saturated carbocycles. The molecule has 1 amide bonds. The Kier molecular flexibility index (Phi) is 4.76. The van der Waals surface area contributed by atoms with E-state index in [0.29, 0.717) is 25.1 Å². The Morgan fingerprint density at radius 2 is 2.04 bits per heavy atom. The lowest BCUT2D eigenvalue weighted by Crippen LogP contribution is -2.54. The molecular formula is C20H24FN3O2. The lowest BCUT2D eigenvalue weighted by molar-refractivity contribution is -0.0753. The van der Waals surface area contributed by atoms with Gasteiger partial charge in [0.25, 0.3) is 5.91 Å². The summed E-state index contributed by atoms with van der Waals surface area (Å²) < 4.78 is 20.8. The topological polar surface area (TPSA) is 47.4 Å². The van der Waals surface area contributed by atoms with Crippen molar-refractivity contribution in [1.82, 2.24) is 14.7 Å².